The van der Waals surface area contributed by atoms with Crippen LogP contribution < -0.4 is 15.0 Å². The van der Waals surface area contributed by atoms with Crippen LogP contribution in [0.3, 0.4) is 0 Å². The Morgan fingerprint density at radius 1 is 1.06 bits per heavy atom. The molecule has 2 aliphatic carbocycles. The molecular weight excluding hydrogens is 449 g/mol. The highest BCUT2D eigenvalue weighted by molar-refractivity contribution is 6.24. The van der Waals surface area contributed by atoms with E-state index in [-0.39, 0.29) is 18.1 Å². The van der Waals surface area contributed by atoms with Gasteiger partial charge in [0.15, 0.2) is 0 Å². The molecule has 10 heteroatoms. The van der Waals surface area contributed by atoms with E-state index in [0.29, 0.717) is 18.9 Å². The predicted octanol–water partition coefficient (Wildman–Crippen LogP) is 5.23. The van der Waals surface area contributed by atoms with E-state index in [1.165, 1.54) is 31.4 Å². The van der Waals surface area contributed by atoms with Crippen LogP contribution in [0, 0.1) is 0 Å². The van der Waals surface area contributed by atoms with E-state index in [1.807, 2.05) is 6.07 Å². The number of urea groups is 1. The summed E-state index contributed by atoms with van der Waals surface area (Å²) >= 11 is 0. The zero-order valence-corrected chi connectivity index (χ0v) is 18.5. The van der Waals surface area contributed by atoms with E-state index >= 15 is 0 Å². The first kappa shape index (κ1) is 22.5. The van der Waals surface area contributed by atoms with Gasteiger partial charge in [-0.05, 0) is 61.6 Å². The maximum Gasteiger partial charge on any atom is 0.573 e. The van der Waals surface area contributed by atoms with Gasteiger partial charge in [0.25, 0.3) is 5.91 Å². The molecular formula is C24H25F3N4O3. The number of nitrogens with zero attached hydrogens (tertiary/aromatic N) is 3. The molecule has 1 N–H and O–H groups in total. The summed E-state index contributed by atoms with van der Waals surface area (Å²) in [6, 6.07) is 6.51. The van der Waals surface area contributed by atoms with Crippen LogP contribution in [0.25, 0.3) is 0 Å². The highest BCUT2D eigenvalue weighted by atomic mass is 19.4. The standard InChI is InChI=1S/C24H25F3N4O3/c25-24(26,27)34-19-8-6-18(7-9-19)31-21(32)23(11-12-23)30(22(31)33)15-16-10-13-28-14-20(16)29-17-4-2-1-3-5-17/h6-10,13-14,17,29H,1-5,11-12,15H2. The molecule has 1 aliphatic heterocycles. The summed E-state index contributed by atoms with van der Waals surface area (Å²) in [5.74, 6) is -0.763. The van der Waals surface area contributed by atoms with Gasteiger partial charge in [-0.15, -0.1) is 13.2 Å². The van der Waals surface area contributed by atoms with Gasteiger partial charge in [0.05, 0.1) is 24.1 Å². The summed E-state index contributed by atoms with van der Waals surface area (Å²) in [5, 5.41) is 3.56. The van der Waals surface area contributed by atoms with E-state index in [0.717, 1.165) is 41.1 Å². The summed E-state index contributed by atoms with van der Waals surface area (Å²) in [6.45, 7) is 0.244. The van der Waals surface area contributed by atoms with E-state index in [4.69, 9.17) is 0 Å². The number of rotatable bonds is 6. The van der Waals surface area contributed by atoms with Gasteiger partial charge in [0.2, 0.25) is 0 Å². The Hall–Kier alpha value is -3.30. The van der Waals surface area contributed by atoms with Gasteiger partial charge in [-0.1, -0.05) is 19.3 Å². The van der Waals surface area contributed by atoms with Gasteiger partial charge in [-0.2, -0.15) is 0 Å². The Labute approximate surface area is 194 Å². The molecule has 2 heterocycles. The second-order valence-electron chi connectivity index (χ2n) is 9.09. The molecule has 0 radical (unpaired) electrons. The molecule has 1 saturated heterocycles. The van der Waals surface area contributed by atoms with Crippen molar-refractivity contribution in [1.29, 1.82) is 0 Å². The van der Waals surface area contributed by atoms with E-state index in [1.54, 1.807) is 17.3 Å². The topological polar surface area (TPSA) is 74.8 Å². The van der Waals surface area contributed by atoms with Crippen LogP contribution in [-0.4, -0.2) is 39.8 Å². The number of alkyl halides is 3. The predicted molar refractivity (Wildman–Crippen MR) is 118 cm³/mol. The average molecular weight is 474 g/mol. The summed E-state index contributed by atoms with van der Waals surface area (Å²) in [7, 11) is 0. The third kappa shape index (κ3) is 4.28. The first-order valence-corrected chi connectivity index (χ1v) is 11.5. The largest absolute Gasteiger partial charge is 0.573 e. The number of hydrogen-bond donors (Lipinski definition) is 1. The fraction of sp³-hybridized carbons (Fsp3) is 0.458. The Morgan fingerprint density at radius 3 is 2.41 bits per heavy atom. The summed E-state index contributed by atoms with van der Waals surface area (Å²) < 4.78 is 41.3. The lowest BCUT2D eigenvalue weighted by Crippen LogP contribution is -2.37. The van der Waals surface area contributed by atoms with Crippen LogP contribution in [0.15, 0.2) is 42.7 Å². The van der Waals surface area contributed by atoms with Gasteiger partial charge >= 0.3 is 12.4 Å². The van der Waals surface area contributed by atoms with Crippen molar-refractivity contribution < 1.29 is 27.5 Å². The van der Waals surface area contributed by atoms with Crippen LogP contribution in [0.4, 0.5) is 29.3 Å². The van der Waals surface area contributed by atoms with Crippen LogP contribution in [0.2, 0.25) is 0 Å². The SMILES string of the molecule is O=C1N(c2ccc(OC(F)(F)F)cc2)C(=O)C2(CC2)N1Cc1ccncc1NC1CCCCC1. The van der Waals surface area contributed by atoms with E-state index in [9.17, 15) is 22.8 Å². The van der Waals surface area contributed by atoms with E-state index in [2.05, 4.69) is 15.0 Å². The number of amides is 3. The van der Waals surface area contributed by atoms with Crippen molar-refractivity contribution in [2.45, 2.75) is 69.4 Å². The zero-order valence-electron chi connectivity index (χ0n) is 18.5. The molecule has 5 rings (SSSR count). The number of carbonyl (C=O) groups is 2. The third-order valence-electron chi connectivity index (χ3n) is 6.80. The lowest BCUT2D eigenvalue weighted by Gasteiger charge is -2.27. The molecule has 1 aromatic heterocycles. The van der Waals surface area contributed by atoms with Crippen LogP contribution >= 0.6 is 0 Å². The zero-order chi connectivity index (χ0) is 23.9. The van der Waals surface area contributed by atoms with Crippen molar-refractivity contribution in [2.24, 2.45) is 0 Å². The highest BCUT2D eigenvalue weighted by Crippen LogP contribution is 2.50. The minimum absolute atomic E-state index is 0.216. The normalized spacial score (nSPS) is 20.2. The molecule has 34 heavy (non-hydrogen) atoms. The second-order valence-corrected chi connectivity index (χ2v) is 9.09. The minimum Gasteiger partial charge on any atom is -0.406 e. The molecule has 2 saturated carbocycles. The van der Waals surface area contributed by atoms with Crippen molar-refractivity contribution in [3.63, 3.8) is 0 Å². The number of ether oxygens (including phenoxy) is 1. The van der Waals surface area contributed by atoms with Crippen LogP contribution in [-0.2, 0) is 11.3 Å². The first-order chi connectivity index (χ1) is 16.3. The molecule has 0 atom stereocenters. The van der Waals surface area contributed by atoms with Crippen molar-refractivity contribution in [1.82, 2.24) is 9.88 Å². The number of anilines is 2. The van der Waals surface area contributed by atoms with Gasteiger partial charge in [-0.3, -0.25) is 9.78 Å². The van der Waals surface area contributed by atoms with Crippen molar-refractivity contribution in [3.8, 4) is 5.75 Å². The van der Waals surface area contributed by atoms with Gasteiger partial charge < -0.3 is 15.0 Å². The molecule has 3 aliphatic rings. The van der Waals surface area contributed by atoms with Crippen molar-refractivity contribution >= 4 is 23.3 Å². The van der Waals surface area contributed by atoms with Crippen LogP contribution in [0.5, 0.6) is 5.75 Å². The van der Waals surface area contributed by atoms with E-state index < -0.39 is 23.7 Å². The fourth-order valence-corrected chi connectivity index (χ4v) is 4.89. The van der Waals surface area contributed by atoms with Crippen LogP contribution in [0.1, 0.15) is 50.5 Å². The Balaban J connectivity index is 1.36. The fourth-order valence-electron chi connectivity index (χ4n) is 4.89. The molecule has 180 valence electrons. The highest BCUT2D eigenvalue weighted by Gasteiger charge is 2.65. The molecule has 3 amide bonds. The van der Waals surface area contributed by atoms with Gasteiger partial charge in [-0.25, -0.2) is 9.69 Å². The number of nitrogens with one attached hydrogen (secondary N) is 1. The number of imide groups is 1. The number of halogens is 3. The lowest BCUT2D eigenvalue weighted by atomic mass is 9.95. The number of carbonyl (C=O) groups excluding carboxylic acids is 2. The number of benzene rings is 1. The van der Waals surface area contributed by atoms with Crippen molar-refractivity contribution in [3.05, 3.63) is 48.3 Å². The summed E-state index contributed by atoms with van der Waals surface area (Å²) in [5.41, 5.74) is 1.05. The lowest BCUT2D eigenvalue weighted by molar-refractivity contribution is -0.274. The molecule has 2 aromatic rings. The molecule has 1 aromatic carbocycles. The first-order valence-electron chi connectivity index (χ1n) is 11.5. The second kappa shape index (κ2) is 8.48. The Kier molecular flexibility index (Phi) is 5.61. The summed E-state index contributed by atoms with van der Waals surface area (Å²) in [4.78, 5) is 33.5. The smallest absolute Gasteiger partial charge is 0.406 e. The van der Waals surface area contributed by atoms with Gasteiger partial charge in [0.1, 0.15) is 11.3 Å². The maximum absolute atomic E-state index is 13.4. The quantitative estimate of drug-likeness (QED) is 0.581. The third-order valence-corrected chi connectivity index (χ3v) is 6.80. The molecule has 0 unspecified atom stereocenters. The Bertz CT molecular complexity index is 1080. The minimum atomic E-state index is -4.82. The molecule has 0 bridgehead atoms. The summed E-state index contributed by atoms with van der Waals surface area (Å²) in [6.07, 6.45) is 5.48. The molecule has 3 fully saturated rings. The number of hydrogen-bond acceptors (Lipinski definition) is 5. The monoisotopic (exact) mass is 474 g/mol. The molecule has 7 nitrogen and oxygen atoms in total. The number of pyridine rings is 1. The van der Waals surface area contributed by atoms with Crippen molar-refractivity contribution in [2.75, 3.05) is 10.2 Å². The number of aromatic nitrogens is 1. The Morgan fingerprint density at radius 2 is 1.76 bits per heavy atom. The van der Waals surface area contributed by atoms with Gasteiger partial charge in [0, 0.05) is 12.2 Å². The average Bonchev–Trinajstić information content (AvgIpc) is 3.58. The molecule has 1 spiro atoms. The maximum atomic E-state index is 13.4.